The molecule has 0 saturated carbocycles. The first-order valence-electron chi connectivity index (χ1n) is 10.3. The topological polar surface area (TPSA) is 67.8 Å². The molecule has 32 heavy (non-hydrogen) atoms. The molecule has 0 unspecified atom stereocenters. The second kappa shape index (κ2) is 9.83. The average molecular weight is 448 g/mol. The lowest BCUT2D eigenvalue weighted by Crippen LogP contribution is -2.19. The molecule has 5 nitrogen and oxygen atoms in total. The van der Waals surface area contributed by atoms with Gasteiger partial charge in [-0.3, -0.25) is 4.79 Å². The summed E-state index contributed by atoms with van der Waals surface area (Å²) < 4.78 is 10.7. The first kappa shape index (κ1) is 21.8. The van der Waals surface area contributed by atoms with Gasteiger partial charge in [-0.05, 0) is 48.2 Å². The van der Waals surface area contributed by atoms with Gasteiger partial charge in [0.05, 0.1) is 19.8 Å². The van der Waals surface area contributed by atoms with Crippen molar-refractivity contribution in [3.05, 3.63) is 89.0 Å². The molecule has 0 aromatic heterocycles. The number of aryl methyl sites for hydroxylation is 2. The molecule has 0 bridgehead atoms. The van der Waals surface area contributed by atoms with Crippen LogP contribution in [0.1, 0.15) is 16.7 Å². The molecule has 1 aliphatic rings. The van der Waals surface area contributed by atoms with Crippen molar-refractivity contribution in [3.8, 4) is 11.5 Å². The summed E-state index contributed by atoms with van der Waals surface area (Å²) in [4.78, 5) is 13.7. The minimum absolute atomic E-state index is 0.0573. The van der Waals surface area contributed by atoms with Crippen LogP contribution in [0.4, 0.5) is 5.69 Å². The molecule has 0 fully saturated rings. The average Bonchev–Trinajstić information content (AvgIpc) is 2.83. The Hall–Kier alpha value is -3.38. The van der Waals surface area contributed by atoms with Crippen molar-refractivity contribution in [2.45, 2.75) is 17.7 Å². The predicted octanol–water partition coefficient (Wildman–Crippen LogP) is 5.50. The number of carbonyl (C=O) groups is 1. The van der Waals surface area contributed by atoms with E-state index in [1.54, 1.807) is 26.0 Å². The third-order valence-corrected chi connectivity index (χ3v) is 6.56. The van der Waals surface area contributed by atoms with Gasteiger partial charge in [0.2, 0.25) is 0 Å². The van der Waals surface area contributed by atoms with E-state index in [0.29, 0.717) is 22.6 Å². The molecule has 6 heteroatoms. The maximum atomic E-state index is 12.7. The molecule has 0 saturated heterocycles. The van der Waals surface area contributed by atoms with E-state index in [1.165, 1.54) is 0 Å². The number of anilines is 1. The van der Waals surface area contributed by atoms with Gasteiger partial charge >= 0.3 is 0 Å². The van der Waals surface area contributed by atoms with Crippen LogP contribution < -0.4 is 14.8 Å². The molecule has 0 spiro atoms. The van der Waals surface area contributed by atoms with Crippen molar-refractivity contribution >= 4 is 29.1 Å². The molecular weight excluding hydrogens is 422 g/mol. The number of hydrogen-bond acceptors (Lipinski definition) is 5. The summed E-state index contributed by atoms with van der Waals surface area (Å²) in [5.74, 6) is 1.80. The van der Waals surface area contributed by atoms with Crippen LogP contribution in [0.15, 0.2) is 77.2 Å². The number of benzene rings is 3. The predicted molar refractivity (Wildman–Crippen MR) is 129 cm³/mol. The van der Waals surface area contributed by atoms with E-state index in [1.807, 2.05) is 66.7 Å². The molecule has 1 aliphatic heterocycles. The Bertz CT molecular complexity index is 1150. The fourth-order valence-electron chi connectivity index (χ4n) is 3.64. The van der Waals surface area contributed by atoms with Crippen LogP contribution in [0.3, 0.4) is 0 Å². The Morgan fingerprint density at radius 2 is 1.78 bits per heavy atom. The number of fused-ring (bicyclic) bond motifs is 1. The normalized spacial score (nSPS) is 12.8. The highest BCUT2D eigenvalue weighted by Crippen LogP contribution is 2.36. The van der Waals surface area contributed by atoms with Crippen LogP contribution >= 0.6 is 11.8 Å². The van der Waals surface area contributed by atoms with Crippen molar-refractivity contribution in [1.29, 1.82) is 0 Å². The number of rotatable bonds is 7. The maximum Gasteiger partial charge on any atom is 0.256 e. The summed E-state index contributed by atoms with van der Waals surface area (Å²) in [6.45, 7) is 0. The third-order valence-electron chi connectivity index (χ3n) is 5.46. The lowest BCUT2D eigenvalue weighted by Gasteiger charge is -2.18. The largest absolute Gasteiger partial charge is 0.507 e. The van der Waals surface area contributed by atoms with Gasteiger partial charge in [0.1, 0.15) is 17.3 Å². The summed E-state index contributed by atoms with van der Waals surface area (Å²) in [5, 5.41) is 13.5. The second-order valence-corrected chi connectivity index (χ2v) is 8.46. The summed E-state index contributed by atoms with van der Waals surface area (Å²) in [6, 6.07) is 21.2. The molecule has 3 aromatic carbocycles. The zero-order valence-corrected chi connectivity index (χ0v) is 18.9. The van der Waals surface area contributed by atoms with Crippen molar-refractivity contribution in [2.24, 2.45) is 0 Å². The van der Waals surface area contributed by atoms with Gasteiger partial charge in [0.15, 0.2) is 0 Å². The van der Waals surface area contributed by atoms with Gasteiger partial charge in [-0.2, -0.15) is 0 Å². The molecule has 164 valence electrons. The van der Waals surface area contributed by atoms with E-state index in [-0.39, 0.29) is 11.7 Å². The van der Waals surface area contributed by atoms with Crippen LogP contribution in [0, 0.1) is 0 Å². The van der Waals surface area contributed by atoms with Crippen LogP contribution in [-0.4, -0.2) is 31.0 Å². The Morgan fingerprint density at radius 1 is 1.00 bits per heavy atom. The van der Waals surface area contributed by atoms with Crippen molar-refractivity contribution in [2.75, 3.05) is 25.3 Å². The molecule has 1 heterocycles. The summed E-state index contributed by atoms with van der Waals surface area (Å²) >= 11 is 1.55. The number of aliphatic hydroxyl groups is 1. The number of ether oxygens (including phenoxy) is 2. The van der Waals surface area contributed by atoms with E-state index in [0.717, 1.165) is 40.4 Å². The second-order valence-electron chi connectivity index (χ2n) is 7.44. The van der Waals surface area contributed by atoms with Gasteiger partial charge in [-0.1, -0.05) is 36.4 Å². The van der Waals surface area contributed by atoms with E-state index in [9.17, 15) is 9.90 Å². The minimum atomic E-state index is -0.278. The van der Waals surface area contributed by atoms with Gasteiger partial charge < -0.3 is 19.9 Å². The van der Waals surface area contributed by atoms with E-state index < -0.39 is 0 Å². The Balaban J connectivity index is 1.40. The van der Waals surface area contributed by atoms with Crippen LogP contribution in [0.25, 0.3) is 5.76 Å². The SMILES string of the molecule is COc1ccc(CCc2ccc(NC(=O)C3=C(O)c4ccccc4SC3)cc2)c(OC)c1. The summed E-state index contributed by atoms with van der Waals surface area (Å²) in [7, 11) is 3.30. The fourth-order valence-corrected chi connectivity index (χ4v) is 4.70. The molecule has 0 atom stereocenters. The quantitative estimate of drug-likeness (QED) is 0.500. The number of thioether (sulfide) groups is 1. The standard InChI is InChI=1S/C26H25NO4S/c1-30-20-14-11-18(23(15-20)31-2)10-7-17-8-12-19(13-9-17)27-26(29)22-16-32-24-6-4-3-5-21(24)25(22)28/h3-6,8-9,11-15,28H,7,10,16H2,1-2H3,(H,27,29). The maximum absolute atomic E-state index is 12.7. The third kappa shape index (κ3) is 4.75. The minimum Gasteiger partial charge on any atom is -0.507 e. The van der Waals surface area contributed by atoms with Gasteiger partial charge in [0, 0.05) is 28.0 Å². The van der Waals surface area contributed by atoms with E-state index in [2.05, 4.69) is 5.32 Å². The zero-order chi connectivity index (χ0) is 22.5. The smallest absolute Gasteiger partial charge is 0.256 e. The lowest BCUT2D eigenvalue weighted by atomic mass is 10.0. The molecule has 3 aromatic rings. The van der Waals surface area contributed by atoms with Gasteiger partial charge in [-0.15, -0.1) is 11.8 Å². The van der Waals surface area contributed by atoms with Gasteiger partial charge in [-0.25, -0.2) is 0 Å². The van der Waals surface area contributed by atoms with Crippen molar-refractivity contribution in [3.63, 3.8) is 0 Å². The highest BCUT2D eigenvalue weighted by molar-refractivity contribution is 7.99. The zero-order valence-electron chi connectivity index (χ0n) is 18.1. The van der Waals surface area contributed by atoms with E-state index in [4.69, 9.17) is 9.47 Å². The molecule has 0 radical (unpaired) electrons. The number of methoxy groups -OCH3 is 2. The van der Waals surface area contributed by atoms with Crippen LogP contribution in [0.5, 0.6) is 11.5 Å². The summed E-state index contributed by atoms with van der Waals surface area (Å²) in [6.07, 6.45) is 1.67. The summed E-state index contributed by atoms with van der Waals surface area (Å²) in [5.41, 5.74) is 4.07. The Morgan fingerprint density at radius 3 is 2.53 bits per heavy atom. The monoisotopic (exact) mass is 447 g/mol. The highest BCUT2D eigenvalue weighted by atomic mass is 32.2. The van der Waals surface area contributed by atoms with Crippen LogP contribution in [0.2, 0.25) is 0 Å². The van der Waals surface area contributed by atoms with Gasteiger partial charge in [0.25, 0.3) is 5.91 Å². The molecule has 2 N–H and O–H groups in total. The molecule has 4 rings (SSSR count). The first-order valence-corrected chi connectivity index (χ1v) is 11.3. The molecule has 1 amide bonds. The van der Waals surface area contributed by atoms with Crippen molar-refractivity contribution in [1.82, 2.24) is 0 Å². The number of aliphatic hydroxyl groups excluding tert-OH is 1. The lowest BCUT2D eigenvalue weighted by molar-refractivity contribution is -0.112. The Kier molecular flexibility index (Phi) is 6.71. The number of nitrogens with one attached hydrogen (secondary N) is 1. The molecule has 0 aliphatic carbocycles. The van der Waals surface area contributed by atoms with Crippen LogP contribution in [-0.2, 0) is 17.6 Å². The number of amides is 1. The highest BCUT2D eigenvalue weighted by Gasteiger charge is 2.23. The Labute approximate surface area is 192 Å². The number of carbonyl (C=O) groups excluding carboxylic acids is 1. The molecular formula is C26H25NO4S. The number of hydrogen-bond donors (Lipinski definition) is 2. The van der Waals surface area contributed by atoms with Crippen molar-refractivity contribution < 1.29 is 19.4 Å². The fraction of sp³-hybridized carbons (Fsp3) is 0.192. The first-order chi connectivity index (χ1) is 15.6. The van der Waals surface area contributed by atoms with E-state index >= 15 is 0 Å².